The number of nitrogens with two attached hydrogens (primary N) is 1. The van der Waals surface area contributed by atoms with Gasteiger partial charge in [0.1, 0.15) is 0 Å². The highest BCUT2D eigenvalue weighted by molar-refractivity contribution is 9.10. The third kappa shape index (κ3) is 3.64. The van der Waals surface area contributed by atoms with Crippen molar-refractivity contribution in [3.05, 3.63) is 33.8 Å². The van der Waals surface area contributed by atoms with Gasteiger partial charge in [0.15, 0.2) is 0 Å². The van der Waals surface area contributed by atoms with E-state index < -0.39 is 12.0 Å². The molecule has 0 spiro atoms. The van der Waals surface area contributed by atoms with Gasteiger partial charge in [-0.3, -0.25) is 4.79 Å². The van der Waals surface area contributed by atoms with Crippen molar-refractivity contribution in [1.29, 1.82) is 0 Å². The van der Waals surface area contributed by atoms with Crippen LogP contribution in [-0.2, 0) is 11.2 Å². The first-order chi connectivity index (χ1) is 7.02. The molecule has 1 rings (SSSR count). The average molecular weight is 272 g/mol. The third-order valence-electron chi connectivity index (χ3n) is 2.21. The van der Waals surface area contributed by atoms with E-state index in [4.69, 9.17) is 10.8 Å². The average Bonchev–Trinajstić information content (AvgIpc) is 2.15. The number of benzene rings is 1. The number of carbonyl (C=O) groups is 1. The fourth-order valence-electron chi connectivity index (χ4n) is 1.40. The Morgan fingerprint density at radius 1 is 1.53 bits per heavy atom. The lowest BCUT2D eigenvalue weighted by Gasteiger charge is -2.11. The molecular formula is C11H14BrNO2. The molecule has 1 aromatic rings. The number of carboxylic acid groups (broad SMARTS) is 1. The van der Waals surface area contributed by atoms with Crippen LogP contribution in [0.3, 0.4) is 0 Å². The summed E-state index contributed by atoms with van der Waals surface area (Å²) in [7, 11) is 0. The van der Waals surface area contributed by atoms with E-state index in [2.05, 4.69) is 15.9 Å². The van der Waals surface area contributed by atoms with E-state index in [1.54, 1.807) is 0 Å². The Bertz CT molecular complexity index is 366. The number of halogens is 1. The van der Waals surface area contributed by atoms with Crippen LogP contribution in [0.2, 0.25) is 0 Å². The third-order valence-corrected chi connectivity index (χ3v) is 2.67. The van der Waals surface area contributed by atoms with Crippen LogP contribution in [0.4, 0.5) is 0 Å². The monoisotopic (exact) mass is 271 g/mol. The van der Waals surface area contributed by atoms with E-state index in [-0.39, 0.29) is 6.42 Å². The topological polar surface area (TPSA) is 63.3 Å². The number of aryl methyl sites for hydroxylation is 1. The van der Waals surface area contributed by atoms with E-state index in [1.165, 1.54) is 0 Å². The first-order valence-corrected chi connectivity index (χ1v) is 5.59. The fraction of sp³-hybridized carbons (Fsp3) is 0.364. The maximum atomic E-state index is 10.5. The minimum Gasteiger partial charge on any atom is -0.481 e. The van der Waals surface area contributed by atoms with Crippen LogP contribution in [0, 0.1) is 0 Å². The second kappa shape index (κ2) is 5.28. The molecule has 0 radical (unpaired) electrons. The highest BCUT2D eigenvalue weighted by atomic mass is 79.9. The summed E-state index contributed by atoms with van der Waals surface area (Å²) < 4.78 is 0.942. The molecule has 0 aliphatic heterocycles. The zero-order chi connectivity index (χ0) is 11.4. The Labute approximate surface area is 97.4 Å². The molecule has 0 amide bonds. The van der Waals surface area contributed by atoms with Crippen LogP contribution in [0.25, 0.3) is 0 Å². The molecule has 1 aromatic carbocycles. The lowest BCUT2D eigenvalue weighted by atomic mass is 10.0. The molecule has 1 atom stereocenters. The zero-order valence-corrected chi connectivity index (χ0v) is 10.1. The SMILES string of the molecule is CCc1cc(Br)cc(C(N)CC(=O)O)c1. The Kier molecular flexibility index (Phi) is 4.29. The second-order valence-electron chi connectivity index (χ2n) is 3.45. The second-order valence-corrected chi connectivity index (χ2v) is 4.37. The minimum atomic E-state index is -0.875. The van der Waals surface area contributed by atoms with Gasteiger partial charge >= 0.3 is 5.97 Å². The summed E-state index contributed by atoms with van der Waals surface area (Å²) in [6.07, 6.45) is 0.867. The molecule has 4 heteroatoms. The van der Waals surface area contributed by atoms with Crippen molar-refractivity contribution < 1.29 is 9.90 Å². The lowest BCUT2D eigenvalue weighted by Crippen LogP contribution is -2.15. The smallest absolute Gasteiger partial charge is 0.305 e. The summed E-state index contributed by atoms with van der Waals surface area (Å²) in [5.41, 5.74) is 7.80. The van der Waals surface area contributed by atoms with Gasteiger partial charge in [-0.05, 0) is 29.7 Å². The summed E-state index contributed by atoms with van der Waals surface area (Å²) in [6.45, 7) is 2.05. The molecule has 3 N–H and O–H groups in total. The molecule has 1 unspecified atom stereocenters. The van der Waals surface area contributed by atoms with E-state index in [0.29, 0.717) is 0 Å². The van der Waals surface area contributed by atoms with Crippen LogP contribution in [0.5, 0.6) is 0 Å². The fourth-order valence-corrected chi connectivity index (χ4v) is 1.96. The summed E-state index contributed by atoms with van der Waals surface area (Å²) in [4.78, 5) is 10.5. The summed E-state index contributed by atoms with van der Waals surface area (Å²) >= 11 is 3.39. The standard InChI is InChI=1S/C11H14BrNO2/c1-2-7-3-8(5-9(12)4-7)10(13)6-11(14)15/h3-5,10H,2,6,13H2,1H3,(H,14,15). The van der Waals surface area contributed by atoms with Gasteiger partial charge in [0.25, 0.3) is 0 Å². The first-order valence-electron chi connectivity index (χ1n) is 4.79. The molecule has 0 fully saturated rings. The van der Waals surface area contributed by atoms with E-state index in [0.717, 1.165) is 22.0 Å². The molecule has 3 nitrogen and oxygen atoms in total. The Balaban J connectivity index is 2.92. The number of aliphatic carboxylic acids is 1. The van der Waals surface area contributed by atoms with Crippen LogP contribution in [0.1, 0.15) is 30.5 Å². The first kappa shape index (κ1) is 12.2. The zero-order valence-electron chi connectivity index (χ0n) is 8.53. The van der Waals surface area contributed by atoms with Gasteiger partial charge in [0.2, 0.25) is 0 Å². The largest absolute Gasteiger partial charge is 0.481 e. The van der Waals surface area contributed by atoms with Crippen molar-refractivity contribution in [2.45, 2.75) is 25.8 Å². The van der Waals surface area contributed by atoms with Gasteiger partial charge in [-0.1, -0.05) is 28.9 Å². The molecule has 0 heterocycles. The maximum absolute atomic E-state index is 10.5. The Morgan fingerprint density at radius 2 is 2.20 bits per heavy atom. The summed E-state index contributed by atoms with van der Waals surface area (Å²) in [5.74, 6) is -0.875. The predicted octanol–water partition coefficient (Wildman–Crippen LogP) is 2.49. The van der Waals surface area contributed by atoms with Crippen LogP contribution in [0.15, 0.2) is 22.7 Å². The lowest BCUT2D eigenvalue weighted by molar-refractivity contribution is -0.137. The number of rotatable bonds is 4. The highest BCUT2D eigenvalue weighted by Gasteiger charge is 2.11. The van der Waals surface area contributed by atoms with Crippen molar-refractivity contribution in [3.63, 3.8) is 0 Å². The van der Waals surface area contributed by atoms with Gasteiger partial charge in [0.05, 0.1) is 6.42 Å². The van der Waals surface area contributed by atoms with E-state index >= 15 is 0 Å². The number of hydrogen-bond donors (Lipinski definition) is 2. The minimum absolute atomic E-state index is 0.0421. The normalized spacial score (nSPS) is 12.5. The van der Waals surface area contributed by atoms with Crippen molar-refractivity contribution in [1.82, 2.24) is 0 Å². The molecule has 0 saturated carbocycles. The summed E-state index contributed by atoms with van der Waals surface area (Å²) in [6, 6.07) is 5.40. The van der Waals surface area contributed by atoms with Crippen molar-refractivity contribution in [2.24, 2.45) is 5.73 Å². The predicted molar refractivity (Wildman–Crippen MR) is 62.7 cm³/mol. The summed E-state index contributed by atoms with van der Waals surface area (Å²) in [5, 5.41) is 8.65. The molecule has 0 bridgehead atoms. The van der Waals surface area contributed by atoms with Gasteiger partial charge in [-0.2, -0.15) is 0 Å². The van der Waals surface area contributed by atoms with Gasteiger partial charge in [-0.25, -0.2) is 0 Å². The molecule has 0 aromatic heterocycles. The molecule has 0 aliphatic carbocycles. The molecule has 82 valence electrons. The van der Waals surface area contributed by atoms with E-state index in [1.807, 2.05) is 25.1 Å². The molecule has 0 saturated heterocycles. The molecule has 15 heavy (non-hydrogen) atoms. The van der Waals surface area contributed by atoms with Crippen LogP contribution < -0.4 is 5.73 Å². The quantitative estimate of drug-likeness (QED) is 0.885. The maximum Gasteiger partial charge on any atom is 0.305 e. The molecular weight excluding hydrogens is 258 g/mol. The van der Waals surface area contributed by atoms with Crippen LogP contribution >= 0.6 is 15.9 Å². The van der Waals surface area contributed by atoms with Gasteiger partial charge in [-0.15, -0.1) is 0 Å². The number of carboxylic acids is 1. The van der Waals surface area contributed by atoms with Crippen molar-refractivity contribution in [2.75, 3.05) is 0 Å². The Morgan fingerprint density at radius 3 is 2.73 bits per heavy atom. The van der Waals surface area contributed by atoms with Gasteiger partial charge < -0.3 is 10.8 Å². The highest BCUT2D eigenvalue weighted by Crippen LogP contribution is 2.21. The number of hydrogen-bond acceptors (Lipinski definition) is 2. The van der Waals surface area contributed by atoms with Crippen molar-refractivity contribution in [3.8, 4) is 0 Å². The van der Waals surface area contributed by atoms with Crippen LogP contribution in [-0.4, -0.2) is 11.1 Å². The molecule has 0 aliphatic rings. The van der Waals surface area contributed by atoms with Gasteiger partial charge in [0, 0.05) is 10.5 Å². The Hall–Kier alpha value is -0.870. The van der Waals surface area contributed by atoms with E-state index in [9.17, 15) is 4.79 Å². The van der Waals surface area contributed by atoms with Crippen molar-refractivity contribution >= 4 is 21.9 Å².